The minimum atomic E-state index is 0.452. The molecule has 0 fully saturated rings. The largest absolute Gasteiger partial charge is 0.310 e. The molecule has 0 aliphatic carbocycles. The Hall–Kier alpha value is -1.32. The summed E-state index contributed by atoms with van der Waals surface area (Å²) in [5.74, 6) is 0. The van der Waals surface area contributed by atoms with E-state index in [-0.39, 0.29) is 0 Å². The lowest BCUT2D eigenvalue weighted by molar-refractivity contribution is 0.586. The molecule has 1 aromatic heterocycles. The van der Waals surface area contributed by atoms with Gasteiger partial charge in [0.05, 0.1) is 11.4 Å². The Kier molecular flexibility index (Phi) is 4.04. The van der Waals surface area contributed by atoms with Crippen LogP contribution in [0.2, 0.25) is 5.02 Å². The van der Waals surface area contributed by atoms with E-state index in [1.165, 1.54) is 5.56 Å². The molecule has 1 aromatic carbocycles. The van der Waals surface area contributed by atoms with E-state index in [4.69, 9.17) is 11.6 Å². The minimum Gasteiger partial charge on any atom is -0.310 e. The maximum absolute atomic E-state index is 6.07. The zero-order valence-electron chi connectivity index (χ0n) is 10.9. The van der Waals surface area contributed by atoms with E-state index >= 15 is 0 Å². The van der Waals surface area contributed by atoms with E-state index in [9.17, 15) is 0 Å². The number of aryl methyl sites for hydroxylation is 1. The molecule has 0 atom stereocenters. The van der Waals surface area contributed by atoms with Crippen molar-refractivity contribution in [2.45, 2.75) is 33.4 Å². The van der Waals surface area contributed by atoms with Crippen LogP contribution in [0, 0.1) is 6.92 Å². The van der Waals surface area contributed by atoms with Gasteiger partial charge in [0.2, 0.25) is 0 Å². The predicted octanol–water partition coefficient (Wildman–Crippen LogP) is 3.33. The van der Waals surface area contributed by atoms with Gasteiger partial charge in [-0.15, -0.1) is 0 Å². The van der Waals surface area contributed by atoms with Gasteiger partial charge >= 0.3 is 0 Å². The second-order valence-electron chi connectivity index (χ2n) is 4.71. The lowest BCUT2D eigenvalue weighted by Crippen LogP contribution is -2.22. The van der Waals surface area contributed by atoms with Crippen molar-refractivity contribution in [1.82, 2.24) is 15.1 Å². The second kappa shape index (κ2) is 5.55. The van der Waals surface area contributed by atoms with Gasteiger partial charge < -0.3 is 5.32 Å². The molecule has 0 amide bonds. The first kappa shape index (κ1) is 13.1. The number of hydrogen-bond donors (Lipinski definition) is 1. The molecule has 3 nitrogen and oxygen atoms in total. The number of benzene rings is 1. The van der Waals surface area contributed by atoms with Crippen molar-refractivity contribution in [3.63, 3.8) is 0 Å². The van der Waals surface area contributed by atoms with E-state index < -0.39 is 0 Å². The molecular weight excluding hydrogens is 246 g/mol. The summed E-state index contributed by atoms with van der Waals surface area (Å²) in [5.41, 5.74) is 3.22. The number of rotatable bonds is 4. The first-order valence-corrected chi connectivity index (χ1v) is 6.48. The lowest BCUT2D eigenvalue weighted by Gasteiger charge is -2.13. The van der Waals surface area contributed by atoms with Crippen molar-refractivity contribution < 1.29 is 0 Å². The van der Waals surface area contributed by atoms with Crippen LogP contribution in [0.1, 0.15) is 25.1 Å². The summed E-state index contributed by atoms with van der Waals surface area (Å²) in [5, 5.41) is 8.58. The van der Waals surface area contributed by atoms with Gasteiger partial charge in [0, 0.05) is 23.8 Å². The van der Waals surface area contributed by atoms with E-state index in [1.807, 2.05) is 42.1 Å². The van der Waals surface area contributed by atoms with Crippen LogP contribution >= 0.6 is 11.6 Å². The smallest absolute Gasteiger partial charge is 0.0705 e. The fourth-order valence-corrected chi connectivity index (χ4v) is 1.93. The molecule has 2 rings (SSSR count). The Bertz CT molecular complexity index is 532. The molecular formula is C14H18ClN3. The number of nitrogens with one attached hydrogen (secondary N) is 1. The minimum absolute atomic E-state index is 0.452. The molecule has 0 radical (unpaired) electrons. The standard InChI is InChI=1S/C14H18ClN3/c1-10(2)16-9-12-4-5-13(15)8-14(12)18-7-6-11(3)17-18/h4-8,10,16H,9H2,1-3H3. The quantitative estimate of drug-likeness (QED) is 0.917. The molecule has 0 spiro atoms. The molecule has 4 heteroatoms. The normalized spacial score (nSPS) is 11.2. The first-order chi connectivity index (χ1) is 8.56. The topological polar surface area (TPSA) is 29.9 Å². The van der Waals surface area contributed by atoms with Crippen molar-refractivity contribution in [3.05, 3.63) is 46.7 Å². The highest BCUT2D eigenvalue weighted by molar-refractivity contribution is 6.30. The number of nitrogens with zero attached hydrogens (tertiary/aromatic N) is 2. The van der Waals surface area contributed by atoms with Gasteiger partial charge in [-0.2, -0.15) is 5.10 Å². The Morgan fingerprint density at radius 3 is 2.72 bits per heavy atom. The number of hydrogen-bond acceptors (Lipinski definition) is 2. The van der Waals surface area contributed by atoms with Crippen LogP contribution in [0.4, 0.5) is 0 Å². The fraction of sp³-hybridized carbons (Fsp3) is 0.357. The van der Waals surface area contributed by atoms with Crippen molar-refractivity contribution in [2.24, 2.45) is 0 Å². The van der Waals surface area contributed by atoms with Gasteiger partial charge in [-0.3, -0.25) is 0 Å². The average molecular weight is 264 g/mol. The van der Waals surface area contributed by atoms with E-state index in [0.29, 0.717) is 6.04 Å². The molecule has 1 heterocycles. The summed E-state index contributed by atoms with van der Waals surface area (Å²) in [6, 6.07) is 8.35. The van der Waals surface area contributed by atoms with Crippen LogP contribution in [-0.2, 0) is 6.54 Å². The van der Waals surface area contributed by atoms with Gasteiger partial charge in [0.1, 0.15) is 0 Å². The zero-order valence-corrected chi connectivity index (χ0v) is 11.7. The van der Waals surface area contributed by atoms with Crippen LogP contribution < -0.4 is 5.32 Å². The number of halogens is 1. The van der Waals surface area contributed by atoms with Crippen LogP contribution in [0.5, 0.6) is 0 Å². The van der Waals surface area contributed by atoms with Crippen LogP contribution in [0.25, 0.3) is 5.69 Å². The van der Waals surface area contributed by atoms with Gasteiger partial charge in [0.25, 0.3) is 0 Å². The SMILES string of the molecule is Cc1ccn(-c2cc(Cl)ccc2CNC(C)C)n1. The van der Waals surface area contributed by atoms with Gasteiger partial charge in [-0.25, -0.2) is 4.68 Å². The molecule has 0 bridgehead atoms. The lowest BCUT2D eigenvalue weighted by atomic mass is 10.1. The highest BCUT2D eigenvalue weighted by atomic mass is 35.5. The van der Waals surface area contributed by atoms with E-state index in [2.05, 4.69) is 24.3 Å². The Labute approximate surface area is 113 Å². The van der Waals surface area contributed by atoms with E-state index in [1.54, 1.807) is 0 Å². The highest BCUT2D eigenvalue weighted by Crippen LogP contribution is 2.20. The van der Waals surface area contributed by atoms with Crippen molar-refractivity contribution in [1.29, 1.82) is 0 Å². The van der Waals surface area contributed by atoms with Crippen LogP contribution in [0.3, 0.4) is 0 Å². The average Bonchev–Trinajstić information content (AvgIpc) is 2.74. The van der Waals surface area contributed by atoms with Crippen LogP contribution in [-0.4, -0.2) is 15.8 Å². The van der Waals surface area contributed by atoms with Crippen molar-refractivity contribution >= 4 is 11.6 Å². The van der Waals surface area contributed by atoms with Crippen molar-refractivity contribution in [2.75, 3.05) is 0 Å². The third kappa shape index (κ3) is 3.12. The summed E-state index contributed by atoms with van der Waals surface area (Å²) < 4.78 is 1.87. The molecule has 0 saturated heterocycles. The fourth-order valence-electron chi connectivity index (χ4n) is 1.76. The molecule has 96 valence electrons. The maximum Gasteiger partial charge on any atom is 0.0705 e. The highest BCUT2D eigenvalue weighted by Gasteiger charge is 2.07. The van der Waals surface area contributed by atoms with Gasteiger partial charge in [-0.1, -0.05) is 31.5 Å². The summed E-state index contributed by atoms with van der Waals surface area (Å²) in [6.07, 6.45) is 1.96. The molecule has 1 N–H and O–H groups in total. The maximum atomic E-state index is 6.07. The number of aromatic nitrogens is 2. The Morgan fingerprint density at radius 2 is 2.11 bits per heavy atom. The second-order valence-corrected chi connectivity index (χ2v) is 5.15. The Balaban J connectivity index is 2.34. The molecule has 0 saturated carbocycles. The summed E-state index contributed by atoms with van der Waals surface area (Å²) >= 11 is 6.07. The Morgan fingerprint density at radius 1 is 1.33 bits per heavy atom. The van der Waals surface area contributed by atoms with Gasteiger partial charge in [0.15, 0.2) is 0 Å². The molecule has 18 heavy (non-hydrogen) atoms. The molecule has 0 aliphatic rings. The third-order valence-corrected chi connectivity index (χ3v) is 2.95. The molecule has 2 aromatic rings. The monoisotopic (exact) mass is 263 g/mol. The van der Waals surface area contributed by atoms with Gasteiger partial charge in [-0.05, 0) is 30.7 Å². The predicted molar refractivity (Wildman–Crippen MR) is 75.3 cm³/mol. The summed E-state index contributed by atoms with van der Waals surface area (Å²) in [6.45, 7) is 7.05. The summed E-state index contributed by atoms with van der Waals surface area (Å²) in [7, 11) is 0. The first-order valence-electron chi connectivity index (χ1n) is 6.10. The summed E-state index contributed by atoms with van der Waals surface area (Å²) in [4.78, 5) is 0. The van der Waals surface area contributed by atoms with Crippen molar-refractivity contribution in [3.8, 4) is 5.69 Å². The molecule has 0 aliphatic heterocycles. The zero-order chi connectivity index (χ0) is 13.1. The third-order valence-electron chi connectivity index (χ3n) is 2.72. The molecule has 0 unspecified atom stereocenters. The van der Waals surface area contributed by atoms with E-state index in [0.717, 1.165) is 22.9 Å². The van der Waals surface area contributed by atoms with Crippen LogP contribution in [0.15, 0.2) is 30.5 Å².